The lowest BCUT2D eigenvalue weighted by Gasteiger charge is -2.19. The maximum Gasteiger partial charge on any atom is 0.272 e. The number of hydrogen-bond donors (Lipinski definition) is 1. The molecule has 1 amide bonds. The van der Waals surface area contributed by atoms with Crippen molar-refractivity contribution in [1.29, 1.82) is 0 Å². The van der Waals surface area contributed by atoms with Crippen molar-refractivity contribution in [3.8, 4) is 5.75 Å². The monoisotopic (exact) mass is 250 g/mol. The summed E-state index contributed by atoms with van der Waals surface area (Å²) in [6.45, 7) is 6.50. The molecule has 0 spiro atoms. The molecule has 0 atom stereocenters. The molecule has 100 valence electrons. The second kappa shape index (κ2) is 5.87. The van der Waals surface area contributed by atoms with Gasteiger partial charge in [0, 0.05) is 14.1 Å². The summed E-state index contributed by atoms with van der Waals surface area (Å²) in [6.07, 6.45) is 0. The van der Waals surface area contributed by atoms with Crippen molar-refractivity contribution < 1.29 is 9.53 Å². The van der Waals surface area contributed by atoms with E-state index in [2.05, 4.69) is 26.2 Å². The largest absolute Gasteiger partial charge is 0.484 e. The Kier molecular flexibility index (Phi) is 4.73. The highest BCUT2D eigenvalue weighted by atomic mass is 16.5. The fourth-order valence-corrected chi connectivity index (χ4v) is 1.48. The summed E-state index contributed by atoms with van der Waals surface area (Å²) in [5, 5.41) is 1.59. The fourth-order valence-electron chi connectivity index (χ4n) is 1.48. The van der Waals surface area contributed by atoms with Crippen molar-refractivity contribution in [1.82, 2.24) is 10.4 Å². The molecule has 1 rings (SSSR count). The molecule has 0 aliphatic rings. The molecule has 0 saturated carbocycles. The number of hydrazine groups is 1. The van der Waals surface area contributed by atoms with Crippen molar-refractivity contribution >= 4 is 5.91 Å². The molecule has 4 nitrogen and oxygen atoms in total. The van der Waals surface area contributed by atoms with Gasteiger partial charge in [0.25, 0.3) is 5.91 Å². The minimum atomic E-state index is -0.167. The van der Waals surface area contributed by atoms with Gasteiger partial charge < -0.3 is 4.74 Å². The van der Waals surface area contributed by atoms with E-state index in [0.717, 1.165) is 0 Å². The molecule has 18 heavy (non-hydrogen) atoms. The number of carbonyl (C=O) groups is 1. The molecular formula is C14H22N2O2. The normalized spacial score (nSPS) is 11.4. The Morgan fingerprint density at radius 2 is 1.78 bits per heavy atom. The third-order valence-corrected chi connectivity index (χ3v) is 2.44. The van der Waals surface area contributed by atoms with Crippen LogP contribution >= 0.6 is 0 Å². The minimum Gasteiger partial charge on any atom is -0.484 e. The van der Waals surface area contributed by atoms with Crippen LogP contribution in [0.5, 0.6) is 5.75 Å². The zero-order chi connectivity index (χ0) is 13.8. The van der Waals surface area contributed by atoms with Crippen LogP contribution in [0, 0.1) is 0 Å². The van der Waals surface area contributed by atoms with Crippen LogP contribution in [0.25, 0.3) is 0 Å². The summed E-state index contributed by atoms with van der Waals surface area (Å²) in [7, 11) is 3.52. The molecule has 0 fully saturated rings. The molecule has 0 bridgehead atoms. The van der Waals surface area contributed by atoms with E-state index in [9.17, 15) is 4.79 Å². The molecule has 0 heterocycles. The highest BCUT2D eigenvalue weighted by Gasteiger charge is 2.13. The second-order valence-electron chi connectivity index (χ2n) is 5.49. The zero-order valence-corrected chi connectivity index (χ0v) is 11.8. The lowest BCUT2D eigenvalue weighted by atomic mass is 9.87. The van der Waals surface area contributed by atoms with Gasteiger partial charge in [-0.15, -0.1) is 0 Å². The average molecular weight is 250 g/mol. The van der Waals surface area contributed by atoms with E-state index in [0.29, 0.717) is 5.75 Å². The van der Waals surface area contributed by atoms with Crippen LogP contribution in [0.15, 0.2) is 24.3 Å². The number of benzene rings is 1. The number of hydrogen-bond acceptors (Lipinski definition) is 3. The van der Waals surface area contributed by atoms with E-state index < -0.39 is 0 Å². The van der Waals surface area contributed by atoms with Crippen LogP contribution in [-0.2, 0) is 10.2 Å². The quantitative estimate of drug-likeness (QED) is 0.831. The number of nitrogens with one attached hydrogen (secondary N) is 1. The maximum atomic E-state index is 11.4. The molecule has 1 aromatic carbocycles. The summed E-state index contributed by atoms with van der Waals surface area (Å²) >= 11 is 0. The van der Waals surface area contributed by atoms with Crippen LogP contribution < -0.4 is 10.2 Å². The molecule has 0 aromatic heterocycles. The van der Waals surface area contributed by atoms with Gasteiger partial charge >= 0.3 is 0 Å². The van der Waals surface area contributed by atoms with E-state index in [1.54, 1.807) is 19.1 Å². The zero-order valence-electron chi connectivity index (χ0n) is 11.8. The van der Waals surface area contributed by atoms with E-state index in [4.69, 9.17) is 4.74 Å². The highest BCUT2D eigenvalue weighted by Crippen LogP contribution is 2.24. The summed E-state index contributed by atoms with van der Waals surface area (Å²) < 4.78 is 5.40. The van der Waals surface area contributed by atoms with Gasteiger partial charge in [0.1, 0.15) is 5.75 Å². The highest BCUT2D eigenvalue weighted by molar-refractivity contribution is 5.76. The summed E-state index contributed by atoms with van der Waals surface area (Å²) in [4.78, 5) is 11.4. The molecule has 1 aromatic rings. The fraction of sp³-hybridized carbons (Fsp3) is 0.500. The molecule has 1 N–H and O–H groups in total. The van der Waals surface area contributed by atoms with Gasteiger partial charge in [-0.25, -0.2) is 5.01 Å². The second-order valence-corrected chi connectivity index (χ2v) is 5.49. The first-order valence-electron chi connectivity index (χ1n) is 5.99. The van der Waals surface area contributed by atoms with E-state index in [-0.39, 0.29) is 17.9 Å². The van der Waals surface area contributed by atoms with E-state index in [1.165, 1.54) is 5.56 Å². The third kappa shape index (κ3) is 4.75. The van der Waals surface area contributed by atoms with Crippen molar-refractivity contribution in [2.24, 2.45) is 0 Å². The van der Waals surface area contributed by atoms with Gasteiger partial charge in [0.15, 0.2) is 6.61 Å². The van der Waals surface area contributed by atoms with E-state index in [1.807, 2.05) is 24.3 Å². The average Bonchev–Trinajstić information content (AvgIpc) is 2.25. The topological polar surface area (TPSA) is 41.6 Å². The van der Waals surface area contributed by atoms with Crippen LogP contribution in [-0.4, -0.2) is 31.6 Å². The summed E-state index contributed by atoms with van der Waals surface area (Å²) in [5.74, 6) is 0.539. The van der Waals surface area contributed by atoms with Gasteiger partial charge in [0.05, 0.1) is 0 Å². The van der Waals surface area contributed by atoms with Crippen molar-refractivity contribution in [3.05, 3.63) is 29.8 Å². The Hall–Kier alpha value is -1.55. The summed E-state index contributed by atoms with van der Waals surface area (Å²) in [6, 6.07) is 7.84. The Labute approximate surface area is 109 Å². The predicted molar refractivity (Wildman–Crippen MR) is 72.5 cm³/mol. The van der Waals surface area contributed by atoms with Crippen LogP contribution in [0.3, 0.4) is 0 Å². The van der Waals surface area contributed by atoms with Crippen LogP contribution in [0.2, 0.25) is 0 Å². The standard InChI is InChI=1S/C14H22N2O2/c1-14(2,3)11-6-8-12(9-7-11)18-10-13(17)15-16(4)5/h6-9H,10H2,1-5H3,(H,15,17). The van der Waals surface area contributed by atoms with Crippen molar-refractivity contribution in [2.75, 3.05) is 20.7 Å². The Morgan fingerprint density at radius 1 is 1.22 bits per heavy atom. The molecule has 0 aliphatic carbocycles. The minimum absolute atomic E-state index is 0.0209. The number of amides is 1. The smallest absolute Gasteiger partial charge is 0.272 e. The Balaban J connectivity index is 2.52. The Bertz CT molecular complexity index is 391. The summed E-state index contributed by atoms with van der Waals surface area (Å²) in [5.41, 5.74) is 3.99. The maximum absolute atomic E-state index is 11.4. The first kappa shape index (κ1) is 14.5. The molecule has 0 aliphatic heterocycles. The molecule has 0 unspecified atom stereocenters. The van der Waals surface area contributed by atoms with Gasteiger partial charge in [-0.3, -0.25) is 10.2 Å². The van der Waals surface area contributed by atoms with Gasteiger partial charge in [-0.05, 0) is 23.1 Å². The van der Waals surface area contributed by atoms with Gasteiger partial charge in [-0.2, -0.15) is 0 Å². The van der Waals surface area contributed by atoms with Gasteiger partial charge in [-0.1, -0.05) is 32.9 Å². The van der Waals surface area contributed by atoms with Crippen LogP contribution in [0.4, 0.5) is 0 Å². The van der Waals surface area contributed by atoms with Gasteiger partial charge in [0.2, 0.25) is 0 Å². The number of rotatable bonds is 4. The van der Waals surface area contributed by atoms with Crippen LogP contribution in [0.1, 0.15) is 26.3 Å². The van der Waals surface area contributed by atoms with Crippen molar-refractivity contribution in [2.45, 2.75) is 26.2 Å². The van der Waals surface area contributed by atoms with Crippen molar-refractivity contribution in [3.63, 3.8) is 0 Å². The first-order chi connectivity index (χ1) is 8.29. The SMILES string of the molecule is CN(C)NC(=O)COc1ccc(C(C)(C)C)cc1. The molecular weight excluding hydrogens is 228 g/mol. The number of nitrogens with zero attached hydrogens (tertiary/aromatic N) is 1. The van der Waals surface area contributed by atoms with E-state index >= 15 is 0 Å². The molecule has 0 radical (unpaired) electrons. The third-order valence-electron chi connectivity index (χ3n) is 2.44. The first-order valence-corrected chi connectivity index (χ1v) is 5.99. The number of ether oxygens (including phenoxy) is 1. The molecule has 4 heteroatoms. The molecule has 0 saturated heterocycles. The predicted octanol–water partition coefficient (Wildman–Crippen LogP) is 1.96. The lowest BCUT2D eigenvalue weighted by Crippen LogP contribution is -2.39. The lowest BCUT2D eigenvalue weighted by molar-refractivity contribution is -0.126. The number of carbonyl (C=O) groups excluding carboxylic acids is 1. The Morgan fingerprint density at radius 3 is 2.22 bits per heavy atom.